The highest BCUT2D eigenvalue weighted by Crippen LogP contribution is 2.22. The lowest BCUT2D eigenvalue weighted by atomic mass is 9.91. The van der Waals surface area contributed by atoms with Gasteiger partial charge in [-0.05, 0) is 31.0 Å². The van der Waals surface area contributed by atoms with Crippen molar-refractivity contribution in [3.8, 4) is 0 Å². The van der Waals surface area contributed by atoms with Crippen LogP contribution >= 0.6 is 24.8 Å². The fourth-order valence-corrected chi connectivity index (χ4v) is 3.30. The van der Waals surface area contributed by atoms with E-state index in [1.54, 1.807) is 12.1 Å². The first-order chi connectivity index (χ1) is 11.1. The van der Waals surface area contributed by atoms with Crippen LogP contribution in [0.15, 0.2) is 18.2 Å². The van der Waals surface area contributed by atoms with Crippen molar-refractivity contribution in [1.82, 2.24) is 5.32 Å². The second-order valence-corrected chi connectivity index (χ2v) is 6.29. The van der Waals surface area contributed by atoms with Crippen LogP contribution in [0.5, 0.6) is 0 Å². The van der Waals surface area contributed by atoms with E-state index in [0.29, 0.717) is 37.6 Å². The minimum absolute atomic E-state index is 0. The average Bonchev–Trinajstić information content (AvgIpc) is 2.57. The summed E-state index contributed by atoms with van der Waals surface area (Å²) in [7, 11) is 0. The zero-order chi connectivity index (χ0) is 16.2. The van der Waals surface area contributed by atoms with Gasteiger partial charge in [0.15, 0.2) is 0 Å². The van der Waals surface area contributed by atoms with Gasteiger partial charge in [0.25, 0.3) is 5.91 Å². The van der Waals surface area contributed by atoms with E-state index in [9.17, 15) is 9.18 Å². The van der Waals surface area contributed by atoms with Gasteiger partial charge in [-0.3, -0.25) is 4.79 Å². The Labute approximate surface area is 160 Å². The van der Waals surface area contributed by atoms with E-state index in [1.165, 1.54) is 6.07 Å². The summed E-state index contributed by atoms with van der Waals surface area (Å²) in [6, 6.07) is 4.64. The zero-order valence-electron chi connectivity index (χ0n) is 14.1. The van der Waals surface area contributed by atoms with Crippen LogP contribution in [0.4, 0.5) is 10.1 Å². The second-order valence-electron chi connectivity index (χ2n) is 6.29. The topological polar surface area (TPSA) is 67.6 Å². The molecule has 1 aliphatic carbocycles. The maximum Gasteiger partial charge on any atom is 0.251 e. The van der Waals surface area contributed by atoms with Crippen molar-refractivity contribution in [2.75, 3.05) is 31.2 Å². The van der Waals surface area contributed by atoms with Crippen molar-refractivity contribution >= 4 is 36.4 Å². The summed E-state index contributed by atoms with van der Waals surface area (Å²) in [4.78, 5) is 14.3. The van der Waals surface area contributed by atoms with E-state index in [0.717, 1.165) is 25.7 Å². The molecule has 1 saturated carbocycles. The molecule has 3 N–H and O–H groups in total. The van der Waals surface area contributed by atoms with Crippen LogP contribution in [-0.2, 0) is 4.74 Å². The lowest BCUT2D eigenvalue weighted by Gasteiger charge is -2.30. The third kappa shape index (κ3) is 5.45. The van der Waals surface area contributed by atoms with Gasteiger partial charge in [-0.2, -0.15) is 0 Å². The molecule has 0 bridgehead atoms. The minimum Gasteiger partial charge on any atom is -0.378 e. The van der Waals surface area contributed by atoms with Crippen LogP contribution in [0.25, 0.3) is 0 Å². The maximum atomic E-state index is 14.4. The second kappa shape index (κ2) is 10.2. The average molecular weight is 394 g/mol. The first-order valence-electron chi connectivity index (χ1n) is 8.34. The molecule has 142 valence electrons. The van der Waals surface area contributed by atoms with Gasteiger partial charge in [0.1, 0.15) is 5.82 Å². The number of halogens is 3. The fourth-order valence-electron chi connectivity index (χ4n) is 3.30. The van der Waals surface area contributed by atoms with Gasteiger partial charge >= 0.3 is 0 Å². The number of nitrogens with one attached hydrogen (secondary N) is 1. The molecular weight excluding hydrogens is 368 g/mol. The standard InChI is InChI=1S/C17H24FN3O2.2ClH/c18-13-11-12(5-6-16(13)21-7-9-23-10-8-21)17(22)20-15-4-2-1-3-14(15)19;;/h5-6,11,14-15H,1-4,7-10,19H2,(H,20,22);2*1H/t14-,15-;;/m1../s1. The summed E-state index contributed by atoms with van der Waals surface area (Å²) in [5.74, 6) is -0.618. The summed E-state index contributed by atoms with van der Waals surface area (Å²) < 4.78 is 19.6. The van der Waals surface area contributed by atoms with Gasteiger partial charge in [-0.25, -0.2) is 4.39 Å². The molecule has 0 radical (unpaired) electrons. The van der Waals surface area contributed by atoms with Gasteiger partial charge < -0.3 is 20.7 Å². The first-order valence-corrected chi connectivity index (χ1v) is 8.34. The number of nitrogens with zero attached hydrogens (tertiary/aromatic N) is 1. The molecule has 0 spiro atoms. The summed E-state index contributed by atoms with van der Waals surface area (Å²) >= 11 is 0. The number of anilines is 1. The van der Waals surface area contributed by atoms with Crippen molar-refractivity contribution in [3.05, 3.63) is 29.6 Å². The molecule has 5 nitrogen and oxygen atoms in total. The minimum atomic E-state index is -0.368. The van der Waals surface area contributed by atoms with Crippen molar-refractivity contribution in [3.63, 3.8) is 0 Å². The van der Waals surface area contributed by atoms with Crippen LogP contribution in [0, 0.1) is 5.82 Å². The highest BCUT2D eigenvalue weighted by Gasteiger charge is 2.24. The summed E-state index contributed by atoms with van der Waals surface area (Å²) in [6.07, 6.45) is 4.00. The third-order valence-corrected chi connectivity index (χ3v) is 4.70. The van der Waals surface area contributed by atoms with Crippen molar-refractivity contribution in [2.24, 2.45) is 5.73 Å². The highest BCUT2D eigenvalue weighted by molar-refractivity contribution is 5.94. The van der Waals surface area contributed by atoms with Gasteiger partial charge in [-0.15, -0.1) is 24.8 Å². The number of hydrogen-bond acceptors (Lipinski definition) is 4. The first kappa shape index (κ1) is 22.0. The lowest BCUT2D eigenvalue weighted by Crippen LogP contribution is -2.49. The molecule has 1 aromatic carbocycles. The Hall–Kier alpha value is -1.08. The summed E-state index contributed by atoms with van der Waals surface area (Å²) in [6.45, 7) is 2.53. The molecule has 1 aliphatic heterocycles. The Morgan fingerprint density at radius 3 is 2.52 bits per heavy atom. The van der Waals surface area contributed by atoms with E-state index < -0.39 is 0 Å². The molecule has 25 heavy (non-hydrogen) atoms. The van der Waals surface area contributed by atoms with Crippen LogP contribution in [0.3, 0.4) is 0 Å². The van der Waals surface area contributed by atoms with Gasteiger partial charge in [0.2, 0.25) is 0 Å². The lowest BCUT2D eigenvalue weighted by molar-refractivity contribution is 0.0920. The Balaban J connectivity index is 0.00000156. The fraction of sp³-hybridized carbons (Fsp3) is 0.588. The Bertz CT molecular complexity index is 571. The van der Waals surface area contributed by atoms with Crippen LogP contribution in [-0.4, -0.2) is 44.3 Å². The van der Waals surface area contributed by atoms with Gasteiger partial charge in [0, 0.05) is 30.7 Å². The number of ether oxygens (including phenoxy) is 1. The van der Waals surface area contributed by atoms with Gasteiger partial charge in [-0.1, -0.05) is 12.8 Å². The quantitative estimate of drug-likeness (QED) is 0.827. The number of carbonyl (C=O) groups excluding carboxylic acids is 1. The monoisotopic (exact) mass is 393 g/mol. The van der Waals surface area contributed by atoms with Gasteiger partial charge in [0.05, 0.1) is 18.9 Å². The van der Waals surface area contributed by atoms with E-state index in [2.05, 4.69) is 5.32 Å². The number of hydrogen-bond donors (Lipinski definition) is 2. The van der Waals surface area contributed by atoms with Crippen molar-refractivity contribution < 1.29 is 13.9 Å². The molecule has 0 aromatic heterocycles. The molecule has 0 unspecified atom stereocenters. The highest BCUT2D eigenvalue weighted by atomic mass is 35.5. The molecule has 1 heterocycles. The summed E-state index contributed by atoms with van der Waals surface area (Å²) in [5.41, 5.74) is 6.92. The van der Waals surface area contributed by atoms with Crippen LogP contribution in [0.1, 0.15) is 36.0 Å². The summed E-state index contributed by atoms with van der Waals surface area (Å²) in [5, 5.41) is 2.95. The molecule has 1 aromatic rings. The predicted molar refractivity (Wildman–Crippen MR) is 102 cm³/mol. The normalized spacial score (nSPS) is 23.2. The molecule has 2 aliphatic rings. The maximum absolute atomic E-state index is 14.4. The van der Waals surface area contributed by atoms with E-state index >= 15 is 0 Å². The number of benzene rings is 1. The molecule has 3 rings (SSSR count). The molecule has 1 amide bonds. The molecule has 8 heteroatoms. The molecule has 2 fully saturated rings. The molecular formula is C17H26Cl2FN3O2. The molecule has 1 saturated heterocycles. The number of nitrogens with two attached hydrogens (primary N) is 1. The number of rotatable bonds is 3. The SMILES string of the molecule is Cl.Cl.N[C@@H]1CCCC[C@H]1NC(=O)c1ccc(N2CCOCC2)c(F)c1. The van der Waals surface area contributed by atoms with E-state index in [4.69, 9.17) is 10.5 Å². The third-order valence-electron chi connectivity index (χ3n) is 4.70. The predicted octanol–water partition coefficient (Wildman–Crippen LogP) is 2.51. The van der Waals surface area contributed by atoms with E-state index in [-0.39, 0.29) is 48.6 Å². The Kier molecular flexibility index (Phi) is 8.93. The number of carbonyl (C=O) groups is 1. The Morgan fingerprint density at radius 2 is 1.88 bits per heavy atom. The Morgan fingerprint density at radius 1 is 1.20 bits per heavy atom. The molecule has 2 atom stereocenters. The number of amides is 1. The smallest absolute Gasteiger partial charge is 0.251 e. The van der Waals surface area contributed by atoms with Crippen molar-refractivity contribution in [2.45, 2.75) is 37.8 Å². The van der Waals surface area contributed by atoms with E-state index in [1.807, 2.05) is 4.90 Å². The zero-order valence-corrected chi connectivity index (χ0v) is 15.7. The van der Waals surface area contributed by atoms with Crippen LogP contribution in [0.2, 0.25) is 0 Å². The largest absolute Gasteiger partial charge is 0.378 e. The van der Waals surface area contributed by atoms with Crippen molar-refractivity contribution in [1.29, 1.82) is 0 Å². The van der Waals surface area contributed by atoms with Crippen LogP contribution < -0.4 is 16.0 Å². The number of morpholine rings is 1.